The van der Waals surface area contributed by atoms with Gasteiger partial charge in [0.25, 0.3) is 0 Å². The molecule has 2 aromatic rings. The molecule has 23 heavy (non-hydrogen) atoms. The first-order valence-corrected chi connectivity index (χ1v) is 7.44. The lowest BCUT2D eigenvalue weighted by Gasteiger charge is -2.09. The fraction of sp³-hybridized carbons (Fsp3) is 0.188. The van der Waals surface area contributed by atoms with Crippen molar-refractivity contribution in [2.45, 2.75) is 19.8 Å². The summed E-state index contributed by atoms with van der Waals surface area (Å²) in [7, 11) is 0. The van der Waals surface area contributed by atoms with Gasteiger partial charge >= 0.3 is 0 Å². The molecule has 2 amide bonds. The zero-order chi connectivity index (χ0) is 16.7. The average Bonchev–Trinajstić information content (AvgIpc) is 3.03. The Bertz CT molecular complexity index is 711. The second kappa shape index (κ2) is 8.14. The van der Waals surface area contributed by atoms with Gasteiger partial charge in [-0.05, 0) is 36.8 Å². The van der Waals surface area contributed by atoms with Gasteiger partial charge in [0.15, 0.2) is 0 Å². The zero-order valence-corrected chi connectivity index (χ0v) is 13.4. The molecule has 7 heteroatoms. The fourth-order valence-corrected chi connectivity index (χ4v) is 2.01. The Balaban J connectivity index is 1.75. The number of carbonyl (C=O) groups is 2. The molecule has 2 rings (SSSR count). The van der Waals surface area contributed by atoms with E-state index in [-0.39, 0.29) is 24.7 Å². The molecule has 0 aliphatic heterocycles. The Morgan fingerprint density at radius 2 is 2.00 bits per heavy atom. The van der Waals surface area contributed by atoms with Gasteiger partial charge in [-0.25, -0.2) is 5.43 Å². The van der Waals surface area contributed by atoms with Crippen LogP contribution in [0.1, 0.15) is 24.1 Å². The summed E-state index contributed by atoms with van der Waals surface area (Å²) in [6.07, 6.45) is 3.36. The van der Waals surface area contributed by atoms with Gasteiger partial charge in [-0.15, -0.1) is 0 Å². The third kappa shape index (κ3) is 5.27. The Labute approximate surface area is 138 Å². The van der Waals surface area contributed by atoms with Crippen LogP contribution in [0.4, 0.5) is 5.69 Å². The van der Waals surface area contributed by atoms with Gasteiger partial charge in [0.2, 0.25) is 11.8 Å². The molecule has 0 aliphatic carbocycles. The molecule has 1 aromatic heterocycles. The minimum absolute atomic E-state index is 0.0491. The average molecular weight is 333 g/mol. The minimum Gasteiger partial charge on any atom is -0.360 e. The maximum atomic E-state index is 11.9. The van der Waals surface area contributed by atoms with Crippen LogP contribution in [-0.4, -0.2) is 23.0 Å². The topological polar surface area (TPSA) is 86.3 Å². The number of hydrogen-bond donors (Lipinski definition) is 3. The van der Waals surface area contributed by atoms with E-state index in [1.165, 1.54) is 6.21 Å². The van der Waals surface area contributed by atoms with Crippen LogP contribution in [0.15, 0.2) is 41.6 Å². The third-order valence-corrected chi connectivity index (χ3v) is 3.55. The Morgan fingerprint density at radius 1 is 1.22 bits per heavy atom. The second-order valence-corrected chi connectivity index (χ2v) is 5.29. The summed E-state index contributed by atoms with van der Waals surface area (Å²) in [6.45, 7) is 1.82. The molecule has 0 unspecified atom stereocenters. The number of halogens is 1. The molecule has 6 nitrogen and oxygen atoms in total. The quantitative estimate of drug-likeness (QED) is 0.561. The number of amides is 2. The van der Waals surface area contributed by atoms with Crippen molar-refractivity contribution in [3.05, 3.63) is 52.8 Å². The summed E-state index contributed by atoms with van der Waals surface area (Å²) < 4.78 is 0. The van der Waals surface area contributed by atoms with Crippen molar-refractivity contribution >= 4 is 35.3 Å². The van der Waals surface area contributed by atoms with E-state index >= 15 is 0 Å². The highest BCUT2D eigenvalue weighted by atomic mass is 35.5. The Hall–Kier alpha value is -2.60. The van der Waals surface area contributed by atoms with Crippen LogP contribution in [0.5, 0.6) is 0 Å². The normalized spacial score (nSPS) is 10.7. The van der Waals surface area contributed by atoms with Gasteiger partial charge in [-0.3, -0.25) is 9.59 Å². The SMILES string of the molecule is Cc1c(Cl)cccc1NC(=O)CCC(=O)N/N=C\c1ccc[nH]1. The van der Waals surface area contributed by atoms with Crippen LogP contribution in [0.25, 0.3) is 0 Å². The Kier molecular flexibility index (Phi) is 5.94. The first-order valence-electron chi connectivity index (χ1n) is 7.06. The molecule has 0 aliphatic rings. The van der Waals surface area contributed by atoms with Crippen LogP contribution in [-0.2, 0) is 9.59 Å². The number of nitrogens with zero attached hydrogens (tertiary/aromatic N) is 1. The highest BCUT2D eigenvalue weighted by molar-refractivity contribution is 6.31. The highest BCUT2D eigenvalue weighted by Gasteiger charge is 2.09. The van der Waals surface area contributed by atoms with Crippen LogP contribution < -0.4 is 10.7 Å². The van der Waals surface area contributed by atoms with Gasteiger partial charge in [0.1, 0.15) is 0 Å². The van der Waals surface area contributed by atoms with Crippen LogP contribution in [0.2, 0.25) is 5.02 Å². The van der Waals surface area contributed by atoms with Crippen molar-refractivity contribution in [2.24, 2.45) is 5.10 Å². The highest BCUT2D eigenvalue weighted by Crippen LogP contribution is 2.22. The molecule has 0 radical (unpaired) electrons. The first kappa shape index (κ1) is 16.8. The lowest BCUT2D eigenvalue weighted by Crippen LogP contribution is -2.20. The van der Waals surface area contributed by atoms with Crippen LogP contribution in [0, 0.1) is 6.92 Å². The van der Waals surface area contributed by atoms with Crippen LogP contribution in [0.3, 0.4) is 0 Å². The largest absolute Gasteiger partial charge is 0.360 e. The number of anilines is 1. The number of nitrogens with one attached hydrogen (secondary N) is 3. The van der Waals surface area contributed by atoms with E-state index in [1.54, 1.807) is 24.4 Å². The molecule has 0 saturated heterocycles. The Morgan fingerprint density at radius 3 is 2.74 bits per heavy atom. The number of carbonyl (C=O) groups excluding carboxylic acids is 2. The number of aromatic amines is 1. The molecule has 0 bridgehead atoms. The molecule has 1 aromatic carbocycles. The summed E-state index contributed by atoms with van der Waals surface area (Å²) in [5.74, 6) is -0.579. The van der Waals surface area contributed by atoms with Gasteiger partial charge in [-0.1, -0.05) is 17.7 Å². The molecule has 120 valence electrons. The van der Waals surface area contributed by atoms with E-state index in [1.807, 2.05) is 19.1 Å². The van der Waals surface area contributed by atoms with E-state index in [0.29, 0.717) is 10.7 Å². The summed E-state index contributed by atoms with van der Waals surface area (Å²) in [4.78, 5) is 26.4. The number of hydrogen-bond acceptors (Lipinski definition) is 3. The van der Waals surface area contributed by atoms with Gasteiger partial charge in [-0.2, -0.15) is 5.10 Å². The van der Waals surface area contributed by atoms with E-state index in [0.717, 1.165) is 11.3 Å². The van der Waals surface area contributed by atoms with Crippen molar-refractivity contribution in [3.8, 4) is 0 Å². The smallest absolute Gasteiger partial charge is 0.240 e. The maximum Gasteiger partial charge on any atom is 0.240 e. The summed E-state index contributed by atoms with van der Waals surface area (Å²) >= 11 is 5.99. The fourth-order valence-electron chi connectivity index (χ4n) is 1.84. The van der Waals surface area contributed by atoms with Crippen molar-refractivity contribution in [1.29, 1.82) is 0 Å². The number of H-pyrrole nitrogens is 1. The van der Waals surface area contributed by atoms with Gasteiger partial charge in [0, 0.05) is 29.7 Å². The predicted octanol–water partition coefficient (Wildman–Crippen LogP) is 2.85. The number of benzene rings is 1. The molecule has 0 spiro atoms. The molecule has 1 heterocycles. The van der Waals surface area contributed by atoms with Gasteiger partial charge < -0.3 is 10.3 Å². The standard InChI is InChI=1S/C16H17ClN4O2/c1-11-13(17)5-2-6-14(11)20-15(22)7-8-16(23)21-19-10-12-4-3-9-18-12/h2-6,9-10,18H,7-8H2,1H3,(H,20,22)(H,21,23)/b19-10-. The third-order valence-electron chi connectivity index (χ3n) is 3.14. The maximum absolute atomic E-state index is 11.9. The van der Waals surface area contributed by atoms with Crippen molar-refractivity contribution in [2.75, 3.05) is 5.32 Å². The summed E-state index contributed by atoms with van der Waals surface area (Å²) in [5, 5.41) is 7.12. The predicted molar refractivity (Wildman–Crippen MR) is 90.6 cm³/mol. The van der Waals surface area contributed by atoms with E-state index in [2.05, 4.69) is 20.8 Å². The number of rotatable bonds is 6. The van der Waals surface area contributed by atoms with Crippen molar-refractivity contribution in [1.82, 2.24) is 10.4 Å². The lowest BCUT2D eigenvalue weighted by molar-refractivity contribution is -0.124. The molecular formula is C16H17ClN4O2. The minimum atomic E-state index is -0.328. The summed E-state index contributed by atoms with van der Waals surface area (Å²) in [6, 6.07) is 8.91. The van der Waals surface area contributed by atoms with E-state index in [4.69, 9.17) is 11.6 Å². The first-order chi connectivity index (χ1) is 11.1. The van der Waals surface area contributed by atoms with Crippen molar-refractivity contribution in [3.63, 3.8) is 0 Å². The molecule has 0 saturated carbocycles. The monoisotopic (exact) mass is 332 g/mol. The van der Waals surface area contributed by atoms with Crippen LogP contribution >= 0.6 is 11.6 Å². The van der Waals surface area contributed by atoms with E-state index in [9.17, 15) is 9.59 Å². The second-order valence-electron chi connectivity index (χ2n) is 4.88. The lowest BCUT2D eigenvalue weighted by atomic mass is 10.2. The molecule has 0 atom stereocenters. The molecular weight excluding hydrogens is 316 g/mol. The van der Waals surface area contributed by atoms with Crippen molar-refractivity contribution < 1.29 is 9.59 Å². The number of aromatic nitrogens is 1. The molecule has 0 fully saturated rings. The molecule has 3 N–H and O–H groups in total. The summed E-state index contributed by atoms with van der Waals surface area (Å²) in [5.41, 5.74) is 4.59. The van der Waals surface area contributed by atoms with Gasteiger partial charge in [0.05, 0.1) is 11.9 Å². The zero-order valence-electron chi connectivity index (χ0n) is 12.6. The number of hydrazone groups is 1. The van der Waals surface area contributed by atoms with E-state index < -0.39 is 0 Å².